The zero-order valence-electron chi connectivity index (χ0n) is 16.1. The number of aromatic nitrogens is 3. The first-order valence-electron chi connectivity index (χ1n) is 9.37. The van der Waals surface area contributed by atoms with E-state index < -0.39 is 5.91 Å². The highest BCUT2D eigenvalue weighted by molar-refractivity contribution is 6.01. The Kier molecular flexibility index (Phi) is 5.34. The summed E-state index contributed by atoms with van der Waals surface area (Å²) in [4.78, 5) is 24.9. The highest BCUT2D eigenvalue weighted by atomic mass is 16.1. The number of anilines is 2. The van der Waals surface area contributed by atoms with Crippen LogP contribution in [0.15, 0.2) is 79.3 Å². The average Bonchev–Trinajstić information content (AvgIpc) is 2.78. The van der Waals surface area contributed by atoms with Gasteiger partial charge in [0.1, 0.15) is 0 Å². The summed E-state index contributed by atoms with van der Waals surface area (Å²) >= 11 is 0. The topological polar surface area (TPSA) is 120 Å². The molecule has 0 radical (unpaired) electrons. The molecule has 0 aliphatic rings. The van der Waals surface area contributed by atoms with Crippen LogP contribution in [-0.2, 0) is 6.54 Å². The van der Waals surface area contributed by atoms with Crippen molar-refractivity contribution in [2.75, 3.05) is 11.1 Å². The molecule has 0 spiro atoms. The summed E-state index contributed by atoms with van der Waals surface area (Å²) in [7, 11) is 0. The molecule has 2 heterocycles. The van der Waals surface area contributed by atoms with Crippen LogP contribution in [0, 0.1) is 0 Å². The molecule has 0 aliphatic heterocycles. The number of nitrogens with two attached hydrogens (primary N) is 2. The lowest BCUT2D eigenvalue weighted by atomic mass is 9.95. The van der Waals surface area contributed by atoms with Gasteiger partial charge in [0, 0.05) is 47.5 Å². The average molecular weight is 396 g/mol. The van der Waals surface area contributed by atoms with Crippen LogP contribution >= 0.6 is 0 Å². The predicted octanol–water partition coefficient (Wildman–Crippen LogP) is 3.50. The van der Waals surface area contributed by atoms with Crippen molar-refractivity contribution in [1.82, 2.24) is 15.0 Å². The van der Waals surface area contributed by atoms with Crippen molar-refractivity contribution in [3.05, 3.63) is 90.4 Å². The molecule has 0 unspecified atom stereocenters. The minimum Gasteiger partial charge on any atom is -0.398 e. The van der Waals surface area contributed by atoms with Crippen LogP contribution in [0.25, 0.3) is 22.4 Å². The first-order chi connectivity index (χ1) is 14.6. The van der Waals surface area contributed by atoms with Crippen LogP contribution in [0.5, 0.6) is 0 Å². The summed E-state index contributed by atoms with van der Waals surface area (Å²) in [5, 5.41) is 3.22. The molecule has 7 heteroatoms. The van der Waals surface area contributed by atoms with E-state index >= 15 is 0 Å². The molecule has 0 saturated carbocycles. The number of carbonyl (C=O) groups is 1. The van der Waals surface area contributed by atoms with Gasteiger partial charge < -0.3 is 16.8 Å². The lowest BCUT2D eigenvalue weighted by molar-refractivity contribution is 0.100. The van der Waals surface area contributed by atoms with E-state index in [0.717, 1.165) is 22.4 Å². The summed E-state index contributed by atoms with van der Waals surface area (Å²) in [6.45, 7) is 0.468. The van der Waals surface area contributed by atoms with Crippen LogP contribution in [-0.4, -0.2) is 20.9 Å². The van der Waals surface area contributed by atoms with Gasteiger partial charge in [-0.15, -0.1) is 0 Å². The second-order valence-electron chi connectivity index (χ2n) is 6.69. The second kappa shape index (κ2) is 8.40. The fraction of sp³-hybridized carbons (Fsp3) is 0.0435. The van der Waals surface area contributed by atoms with Crippen LogP contribution < -0.4 is 16.8 Å². The van der Waals surface area contributed by atoms with Gasteiger partial charge in [0.15, 0.2) is 0 Å². The number of nitrogens with zero attached hydrogens (tertiary/aromatic N) is 3. The predicted molar refractivity (Wildman–Crippen MR) is 117 cm³/mol. The van der Waals surface area contributed by atoms with Crippen molar-refractivity contribution in [2.24, 2.45) is 5.73 Å². The van der Waals surface area contributed by atoms with Gasteiger partial charge in [-0.25, -0.2) is 9.97 Å². The van der Waals surface area contributed by atoms with E-state index in [4.69, 9.17) is 11.5 Å². The molecular weight excluding hydrogens is 376 g/mol. The van der Waals surface area contributed by atoms with Crippen LogP contribution in [0.4, 0.5) is 11.6 Å². The van der Waals surface area contributed by atoms with Gasteiger partial charge in [-0.05, 0) is 47.5 Å². The van der Waals surface area contributed by atoms with E-state index in [1.165, 1.54) is 0 Å². The van der Waals surface area contributed by atoms with Gasteiger partial charge in [0.05, 0.1) is 5.69 Å². The summed E-state index contributed by atoms with van der Waals surface area (Å²) in [5.74, 6) is -0.00336. The van der Waals surface area contributed by atoms with E-state index in [0.29, 0.717) is 29.3 Å². The Labute approximate surface area is 173 Å². The molecule has 148 valence electrons. The van der Waals surface area contributed by atoms with Gasteiger partial charge in [0.2, 0.25) is 11.9 Å². The summed E-state index contributed by atoms with van der Waals surface area (Å²) in [6.07, 6.45) is 5.17. The normalized spacial score (nSPS) is 10.5. The molecule has 30 heavy (non-hydrogen) atoms. The van der Waals surface area contributed by atoms with Crippen molar-refractivity contribution >= 4 is 17.5 Å². The maximum absolute atomic E-state index is 11.9. The third-order valence-electron chi connectivity index (χ3n) is 4.66. The minimum absolute atomic E-state index is 0.423. The number of benzene rings is 2. The van der Waals surface area contributed by atoms with E-state index in [-0.39, 0.29) is 0 Å². The highest BCUT2D eigenvalue weighted by Gasteiger charge is 2.13. The lowest BCUT2D eigenvalue weighted by Crippen LogP contribution is -2.13. The smallest absolute Gasteiger partial charge is 0.249 e. The highest BCUT2D eigenvalue weighted by Crippen LogP contribution is 2.30. The number of primary amides is 1. The zero-order chi connectivity index (χ0) is 20.9. The lowest BCUT2D eigenvalue weighted by Gasteiger charge is -2.13. The Hall–Kier alpha value is -4.26. The molecule has 1 amide bonds. The molecule has 5 N–H and O–H groups in total. The fourth-order valence-corrected chi connectivity index (χ4v) is 3.18. The zero-order valence-corrected chi connectivity index (χ0v) is 16.1. The molecule has 0 saturated heterocycles. The number of carbonyl (C=O) groups excluding carboxylic acids is 1. The maximum Gasteiger partial charge on any atom is 0.249 e. The maximum atomic E-state index is 11.9. The van der Waals surface area contributed by atoms with E-state index in [9.17, 15) is 4.79 Å². The number of rotatable bonds is 6. The molecule has 2 aromatic carbocycles. The minimum atomic E-state index is -0.500. The first-order valence-corrected chi connectivity index (χ1v) is 9.37. The second-order valence-corrected chi connectivity index (χ2v) is 6.69. The van der Waals surface area contributed by atoms with Crippen molar-refractivity contribution in [3.63, 3.8) is 0 Å². The van der Waals surface area contributed by atoms with Crippen molar-refractivity contribution in [1.29, 1.82) is 0 Å². The Bertz CT molecular complexity index is 1190. The number of pyridine rings is 1. The SMILES string of the molecule is NC(=O)c1ccc(CNc2nccc(-c3cccnc3)n2)cc1-c1ccccc1N. The molecule has 2 aromatic heterocycles. The van der Waals surface area contributed by atoms with Gasteiger partial charge in [0.25, 0.3) is 0 Å². The van der Waals surface area contributed by atoms with Gasteiger partial charge >= 0.3 is 0 Å². The van der Waals surface area contributed by atoms with Gasteiger partial charge in [-0.1, -0.05) is 24.3 Å². The standard InChI is InChI=1S/C23H20N6O/c24-20-6-2-1-5-17(20)19-12-15(7-8-18(19)22(25)30)13-28-23-27-11-9-21(29-23)16-4-3-10-26-14-16/h1-12,14H,13,24H2,(H2,25,30)(H,27,28,29). The molecule has 0 bridgehead atoms. The van der Waals surface area contributed by atoms with E-state index in [1.54, 1.807) is 30.7 Å². The van der Waals surface area contributed by atoms with Crippen LogP contribution in [0.1, 0.15) is 15.9 Å². The van der Waals surface area contributed by atoms with Gasteiger partial charge in [-0.2, -0.15) is 0 Å². The van der Waals surface area contributed by atoms with Crippen molar-refractivity contribution in [2.45, 2.75) is 6.54 Å². The first kappa shape index (κ1) is 19.1. The Morgan fingerprint density at radius 3 is 2.60 bits per heavy atom. The quantitative estimate of drug-likeness (QED) is 0.429. The van der Waals surface area contributed by atoms with Gasteiger partial charge in [-0.3, -0.25) is 9.78 Å². The number of nitrogen functional groups attached to an aromatic ring is 1. The van der Waals surface area contributed by atoms with Crippen molar-refractivity contribution in [3.8, 4) is 22.4 Å². The molecular formula is C23H20N6O. The van der Waals surface area contributed by atoms with E-state index in [1.807, 2.05) is 48.5 Å². The fourth-order valence-electron chi connectivity index (χ4n) is 3.18. The number of hydrogen-bond acceptors (Lipinski definition) is 6. The summed E-state index contributed by atoms with van der Waals surface area (Å²) in [5.41, 5.74) is 16.8. The largest absolute Gasteiger partial charge is 0.398 e. The molecule has 4 rings (SSSR count). The molecule has 4 aromatic rings. The molecule has 7 nitrogen and oxygen atoms in total. The monoisotopic (exact) mass is 396 g/mol. The Balaban J connectivity index is 1.60. The number of para-hydroxylation sites is 1. The number of amides is 1. The summed E-state index contributed by atoms with van der Waals surface area (Å²) < 4.78 is 0. The molecule has 0 aliphatic carbocycles. The number of nitrogens with one attached hydrogen (secondary N) is 1. The summed E-state index contributed by atoms with van der Waals surface area (Å²) in [6, 6.07) is 18.5. The number of hydrogen-bond donors (Lipinski definition) is 3. The van der Waals surface area contributed by atoms with E-state index in [2.05, 4.69) is 20.3 Å². The Morgan fingerprint density at radius 1 is 0.967 bits per heavy atom. The third kappa shape index (κ3) is 4.10. The third-order valence-corrected chi connectivity index (χ3v) is 4.66. The van der Waals surface area contributed by atoms with Crippen LogP contribution in [0.3, 0.4) is 0 Å². The molecule has 0 fully saturated rings. The van der Waals surface area contributed by atoms with Crippen LogP contribution in [0.2, 0.25) is 0 Å². The molecule has 0 atom stereocenters. The Morgan fingerprint density at radius 2 is 1.83 bits per heavy atom. The van der Waals surface area contributed by atoms with Crippen molar-refractivity contribution < 1.29 is 4.79 Å².